The zero-order valence-electron chi connectivity index (χ0n) is 11.0. The molecule has 0 aliphatic heterocycles. The molecule has 3 rings (SSSR count). The molecular weight excluding hydrogens is 254 g/mol. The Morgan fingerprint density at radius 2 is 2.00 bits per heavy atom. The molecule has 0 atom stereocenters. The molecule has 0 fully saturated rings. The number of methoxy groups -OCH3 is 1. The molecule has 20 heavy (non-hydrogen) atoms. The Bertz CT molecular complexity index is 759. The van der Waals surface area contributed by atoms with E-state index in [-0.39, 0.29) is 6.61 Å². The second kappa shape index (κ2) is 5.22. The first-order chi connectivity index (χ1) is 9.85. The van der Waals surface area contributed by atoms with Crippen molar-refractivity contribution in [2.45, 2.75) is 6.61 Å². The quantitative estimate of drug-likeness (QED) is 0.681. The largest absolute Gasteiger partial charge is 0.378 e. The highest BCUT2D eigenvalue weighted by Gasteiger charge is 2.15. The summed E-state index contributed by atoms with van der Waals surface area (Å²) >= 11 is 0. The third kappa shape index (κ3) is 1.98. The van der Waals surface area contributed by atoms with Crippen LogP contribution in [0.3, 0.4) is 0 Å². The van der Waals surface area contributed by atoms with Crippen LogP contribution < -0.4 is 0 Å². The van der Waals surface area contributed by atoms with E-state index in [0.717, 1.165) is 16.5 Å². The number of nitrogens with zero attached hydrogens (tertiary/aromatic N) is 3. The lowest BCUT2D eigenvalue weighted by atomic mass is 10.1. The van der Waals surface area contributed by atoms with Gasteiger partial charge < -0.3 is 4.74 Å². The summed E-state index contributed by atoms with van der Waals surface area (Å²) in [6, 6.07) is 13.9. The molecule has 1 aromatic heterocycles. The van der Waals surface area contributed by atoms with Gasteiger partial charge in [0, 0.05) is 12.5 Å². The van der Waals surface area contributed by atoms with E-state index in [1.165, 1.54) is 0 Å². The summed E-state index contributed by atoms with van der Waals surface area (Å²) in [7, 11) is 1.58. The molecule has 100 valence electrons. The summed E-state index contributed by atoms with van der Waals surface area (Å²) in [5, 5.41) is 10.1. The van der Waals surface area contributed by atoms with Crippen LogP contribution in [0.4, 0.5) is 0 Å². The Balaban J connectivity index is 2.25. The van der Waals surface area contributed by atoms with Crippen molar-refractivity contribution in [3.05, 3.63) is 53.9 Å². The van der Waals surface area contributed by atoms with Gasteiger partial charge in [0.15, 0.2) is 12.0 Å². The van der Waals surface area contributed by atoms with Crippen LogP contribution in [0.5, 0.6) is 0 Å². The molecule has 0 bridgehead atoms. The highest BCUT2D eigenvalue weighted by atomic mass is 16.5. The monoisotopic (exact) mass is 267 g/mol. The fourth-order valence-electron chi connectivity index (χ4n) is 2.26. The maximum absolute atomic E-state index is 11.0. The zero-order valence-corrected chi connectivity index (χ0v) is 11.0. The van der Waals surface area contributed by atoms with Gasteiger partial charge in [-0.3, -0.25) is 4.79 Å². The van der Waals surface area contributed by atoms with Crippen LogP contribution in [-0.4, -0.2) is 28.4 Å². The minimum absolute atomic E-state index is 0.282. The van der Waals surface area contributed by atoms with E-state index in [1.54, 1.807) is 11.8 Å². The van der Waals surface area contributed by atoms with Crippen molar-refractivity contribution in [2.24, 2.45) is 0 Å². The van der Waals surface area contributed by atoms with Crippen molar-refractivity contribution in [3.63, 3.8) is 0 Å². The molecule has 0 aliphatic rings. The van der Waals surface area contributed by atoms with Crippen molar-refractivity contribution in [1.82, 2.24) is 15.0 Å². The Morgan fingerprint density at radius 3 is 2.80 bits per heavy atom. The number of benzene rings is 2. The minimum atomic E-state index is 0.282. The zero-order chi connectivity index (χ0) is 13.9. The molecule has 5 nitrogen and oxygen atoms in total. The average Bonchev–Trinajstić information content (AvgIpc) is 2.90. The van der Waals surface area contributed by atoms with Gasteiger partial charge in [0.05, 0.1) is 12.3 Å². The molecule has 2 aromatic carbocycles. The first-order valence-corrected chi connectivity index (χ1v) is 6.22. The molecule has 0 amide bonds. The summed E-state index contributed by atoms with van der Waals surface area (Å²) in [5.74, 6) is 0. The number of ether oxygens (including phenoxy) is 1. The number of aromatic nitrogens is 3. The van der Waals surface area contributed by atoms with Crippen molar-refractivity contribution in [2.75, 3.05) is 7.11 Å². The smallest absolute Gasteiger partial charge is 0.172 e. The molecule has 0 aliphatic carbocycles. The van der Waals surface area contributed by atoms with Gasteiger partial charge in [0.2, 0.25) is 0 Å². The van der Waals surface area contributed by atoms with Crippen LogP contribution >= 0.6 is 0 Å². The number of hydrogen-bond donors (Lipinski definition) is 0. The van der Waals surface area contributed by atoms with Crippen molar-refractivity contribution < 1.29 is 9.53 Å². The number of hydrogen-bond acceptors (Lipinski definition) is 4. The number of carbonyl (C=O) groups is 1. The summed E-state index contributed by atoms with van der Waals surface area (Å²) in [6.45, 7) is 0.282. The summed E-state index contributed by atoms with van der Waals surface area (Å²) in [5.41, 5.74) is 1.84. The number of rotatable bonds is 4. The molecule has 0 radical (unpaired) electrons. The molecule has 0 unspecified atom stereocenters. The number of aldehydes is 1. The van der Waals surface area contributed by atoms with Gasteiger partial charge in [-0.25, -0.2) is 4.68 Å². The molecule has 0 saturated carbocycles. The van der Waals surface area contributed by atoms with Crippen LogP contribution in [-0.2, 0) is 11.3 Å². The van der Waals surface area contributed by atoms with Crippen LogP contribution in [0.2, 0.25) is 0 Å². The maximum atomic E-state index is 11.0. The lowest BCUT2D eigenvalue weighted by Gasteiger charge is -2.09. The molecule has 0 N–H and O–H groups in total. The van der Waals surface area contributed by atoms with Gasteiger partial charge in [-0.1, -0.05) is 41.6 Å². The standard InChI is InChI=1S/C15H13N3O2/c1-20-10-15-13(9-19)16-17-18(15)14-8-4-6-11-5-2-3-7-12(11)14/h2-9H,10H2,1H3. The lowest BCUT2D eigenvalue weighted by Crippen LogP contribution is -2.05. The predicted octanol–water partition coefficient (Wildman–Crippen LogP) is 2.38. The molecular formula is C15H13N3O2. The van der Waals surface area contributed by atoms with E-state index < -0.39 is 0 Å². The highest BCUT2D eigenvalue weighted by molar-refractivity contribution is 5.90. The van der Waals surface area contributed by atoms with Gasteiger partial charge in [-0.15, -0.1) is 5.10 Å². The van der Waals surface area contributed by atoms with Crippen LogP contribution in [0.1, 0.15) is 16.2 Å². The topological polar surface area (TPSA) is 57.0 Å². The van der Waals surface area contributed by atoms with Gasteiger partial charge in [-0.05, 0) is 11.5 Å². The summed E-state index contributed by atoms with van der Waals surface area (Å²) in [4.78, 5) is 11.0. The highest BCUT2D eigenvalue weighted by Crippen LogP contribution is 2.23. The third-order valence-corrected chi connectivity index (χ3v) is 3.18. The molecule has 1 heterocycles. The summed E-state index contributed by atoms with van der Waals surface area (Å²) in [6.07, 6.45) is 0.697. The van der Waals surface area contributed by atoms with Crippen LogP contribution in [0.15, 0.2) is 42.5 Å². The second-order valence-electron chi connectivity index (χ2n) is 4.38. The second-order valence-corrected chi connectivity index (χ2v) is 4.38. The molecule has 3 aromatic rings. The minimum Gasteiger partial charge on any atom is -0.378 e. The fraction of sp³-hybridized carbons (Fsp3) is 0.133. The van der Waals surface area contributed by atoms with Crippen molar-refractivity contribution in [1.29, 1.82) is 0 Å². The fourth-order valence-corrected chi connectivity index (χ4v) is 2.26. The van der Waals surface area contributed by atoms with Gasteiger partial charge in [0.1, 0.15) is 5.69 Å². The Hall–Kier alpha value is -2.53. The Morgan fingerprint density at radius 1 is 1.20 bits per heavy atom. The lowest BCUT2D eigenvalue weighted by molar-refractivity contribution is 0.111. The van der Waals surface area contributed by atoms with Gasteiger partial charge >= 0.3 is 0 Å². The van der Waals surface area contributed by atoms with Crippen molar-refractivity contribution in [3.8, 4) is 5.69 Å². The maximum Gasteiger partial charge on any atom is 0.172 e. The van der Waals surface area contributed by atoms with E-state index in [1.807, 2.05) is 42.5 Å². The normalized spacial score (nSPS) is 10.8. The number of carbonyl (C=O) groups excluding carboxylic acids is 1. The first kappa shape index (κ1) is 12.5. The average molecular weight is 267 g/mol. The van der Waals surface area contributed by atoms with Gasteiger partial charge in [0.25, 0.3) is 0 Å². The van der Waals surface area contributed by atoms with E-state index in [9.17, 15) is 4.79 Å². The van der Waals surface area contributed by atoms with E-state index in [2.05, 4.69) is 10.3 Å². The van der Waals surface area contributed by atoms with Crippen LogP contribution in [0, 0.1) is 0 Å². The Labute approximate surface area is 115 Å². The SMILES string of the molecule is COCc1c(C=O)nnn1-c1cccc2ccccc12. The number of fused-ring (bicyclic) bond motifs is 1. The van der Waals surface area contributed by atoms with E-state index in [0.29, 0.717) is 17.7 Å². The third-order valence-electron chi connectivity index (χ3n) is 3.18. The van der Waals surface area contributed by atoms with Crippen molar-refractivity contribution >= 4 is 17.1 Å². The first-order valence-electron chi connectivity index (χ1n) is 6.22. The molecule has 5 heteroatoms. The molecule has 0 saturated heterocycles. The van der Waals surface area contributed by atoms with Gasteiger partial charge in [-0.2, -0.15) is 0 Å². The summed E-state index contributed by atoms with van der Waals surface area (Å²) < 4.78 is 6.81. The van der Waals surface area contributed by atoms with Crippen LogP contribution in [0.25, 0.3) is 16.5 Å². The predicted molar refractivity (Wildman–Crippen MR) is 75.0 cm³/mol. The Kier molecular flexibility index (Phi) is 3.26. The van der Waals surface area contributed by atoms with E-state index >= 15 is 0 Å². The molecule has 0 spiro atoms. The van der Waals surface area contributed by atoms with E-state index in [4.69, 9.17) is 4.74 Å².